The SMILES string of the molecule is COc1ccc(NC(=O)c2ccc(-n3cnc4ccccc43)cc2)cc1OC(F)F. The summed E-state index contributed by atoms with van der Waals surface area (Å²) in [7, 11) is 1.34. The second kappa shape index (κ2) is 8.20. The molecule has 4 rings (SSSR count). The highest BCUT2D eigenvalue weighted by Gasteiger charge is 2.13. The highest BCUT2D eigenvalue weighted by Crippen LogP contribution is 2.31. The summed E-state index contributed by atoms with van der Waals surface area (Å²) in [6.07, 6.45) is 1.72. The molecule has 1 aromatic heterocycles. The van der Waals surface area contributed by atoms with Gasteiger partial charge in [-0.05, 0) is 48.5 Å². The first-order chi connectivity index (χ1) is 14.5. The lowest BCUT2D eigenvalue weighted by molar-refractivity contribution is -0.0511. The molecule has 6 nitrogen and oxygen atoms in total. The van der Waals surface area contributed by atoms with Crippen molar-refractivity contribution in [1.82, 2.24) is 9.55 Å². The fraction of sp³-hybridized carbons (Fsp3) is 0.0909. The third-order valence-corrected chi connectivity index (χ3v) is 4.50. The van der Waals surface area contributed by atoms with E-state index in [4.69, 9.17) is 4.74 Å². The van der Waals surface area contributed by atoms with E-state index in [-0.39, 0.29) is 17.4 Å². The van der Waals surface area contributed by atoms with Crippen LogP contribution in [-0.2, 0) is 0 Å². The van der Waals surface area contributed by atoms with Gasteiger partial charge in [0.1, 0.15) is 6.33 Å². The monoisotopic (exact) mass is 409 g/mol. The van der Waals surface area contributed by atoms with Crippen LogP contribution < -0.4 is 14.8 Å². The molecule has 8 heteroatoms. The molecule has 30 heavy (non-hydrogen) atoms. The van der Waals surface area contributed by atoms with Gasteiger partial charge in [0, 0.05) is 23.0 Å². The van der Waals surface area contributed by atoms with E-state index in [0.29, 0.717) is 11.3 Å². The number of nitrogens with zero attached hydrogens (tertiary/aromatic N) is 2. The van der Waals surface area contributed by atoms with Crippen molar-refractivity contribution in [1.29, 1.82) is 0 Å². The maximum Gasteiger partial charge on any atom is 0.387 e. The summed E-state index contributed by atoms with van der Waals surface area (Å²) in [5.74, 6) is -0.400. The van der Waals surface area contributed by atoms with Crippen molar-refractivity contribution in [3.63, 3.8) is 0 Å². The van der Waals surface area contributed by atoms with Crippen LogP contribution in [0.3, 0.4) is 0 Å². The molecule has 0 fully saturated rings. The molecule has 0 radical (unpaired) electrons. The lowest BCUT2D eigenvalue weighted by Gasteiger charge is -2.12. The Morgan fingerprint density at radius 2 is 1.80 bits per heavy atom. The molecule has 0 aliphatic heterocycles. The fourth-order valence-corrected chi connectivity index (χ4v) is 3.08. The molecule has 0 saturated carbocycles. The summed E-state index contributed by atoms with van der Waals surface area (Å²) in [4.78, 5) is 16.9. The number of para-hydroxylation sites is 2. The molecule has 0 spiro atoms. The Labute approximate surface area is 170 Å². The Balaban J connectivity index is 1.53. The minimum Gasteiger partial charge on any atom is -0.493 e. The average Bonchev–Trinajstić information content (AvgIpc) is 3.18. The minimum atomic E-state index is -3.00. The second-order valence-electron chi connectivity index (χ2n) is 6.35. The number of halogens is 2. The van der Waals surface area contributed by atoms with E-state index < -0.39 is 6.61 Å². The van der Waals surface area contributed by atoms with Gasteiger partial charge in [0.05, 0.1) is 18.1 Å². The molecular weight excluding hydrogens is 392 g/mol. The number of fused-ring (bicyclic) bond motifs is 1. The summed E-state index contributed by atoms with van der Waals surface area (Å²) in [5, 5.41) is 2.67. The summed E-state index contributed by atoms with van der Waals surface area (Å²) in [6, 6.07) is 19.0. The first kappa shape index (κ1) is 19.4. The van der Waals surface area contributed by atoms with Crippen LogP contribution in [0.2, 0.25) is 0 Å². The van der Waals surface area contributed by atoms with Crippen molar-refractivity contribution in [2.45, 2.75) is 6.61 Å². The number of nitrogens with one attached hydrogen (secondary N) is 1. The molecule has 1 N–H and O–H groups in total. The predicted molar refractivity (Wildman–Crippen MR) is 109 cm³/mol. The Hall–Kier alpha value is -3.94. The van der Waals surface area contributed by atoms with Crippen molar-refractivity contribution in [2.24, 2.45) is 0 Å². The van der Waals surface area contributed by atoms with Crippen LogP contribution in [0.5, 0.6) is 11.5 Å². The zero-order valence-corrected chi connectivity index (χ0v) is 15.9. The molecule has 0 aliphatic rings. The summed E-state index contributed by atoms with van der Waals surface area (Å²) >= 11 is 0. The van der Waals surface area contributed by atoms with E-state index in [9.17, 15) is 13.6 Å². The Morgan fingerprint density at radius 3 is 2.53 bits per heavy atom. The number of imidazole rings is 1. The van der Waals surface area contributed by atoms with Gasteiger partial charge in [-0.3, -0.25) is 9.36 Å². The number of methoxy groups -OCH3 is 1. The number of carbonyl (C=O) groups is 1. The van der Waals surface area contributed by atoms with Gasteiger partial charge in [-0.2, -0.15) is 8.78 Å². The van der Waals surface area contributed by atoms with E-state index in [1.807, 2.05) is 41.0 Å². The van der Waals surface area contributed by atoms with Crippen molar-refractivity contribution in [3.05, 3.63) is 78.6 Å². The number of ether oxygens (including phenoxy) is 2. The fourth-order valence-electron chi connectivity index (χ4n) is 3.08. The highest BCUT2D eigenvalue weighted by atomic mass is 19.3. The van der Waals surface area contributed by atoms with Gasteiger partial charge in [0.15, 0.2) is 11.5 Å². The molecule has 0 aliphatic carbocycles. The zero-order chi connectivity index (χ0) is 21.1. The number of rotatable bonds is 6. The number of carbonyl (C=O) groups excluding carboxylic acids is 1. The van der Waals surface area contributed by atoms with Crippen LogP contribution in [0.15, 0.2) is 73.1 Å². The highest BCUT2D eigenvalue weighted by molar-refractivity contribution is 6.04. The molecule has 0 unspecified atom stereocenters. The summed E-state index contributed by atoms with van der Waals surface area (Å²) < 4.78 is 36.5. The third-order valence-electron chi connectivity index (χ3n) is 4.50. The lowest BCUT2D eigenvalue weighted by Crippen LogP contribution is -2.12. The van der Waals surface area contributed by atoms with Gasteiger partial charge in [-0.15, -0.1) is 0 Å². The molecule has 3 aromatic carbocycles. The molecule has 0 atom stereocenters. The summed E-state index contributed by atoms with van der Waals surface area (Å²) in [6.45, 7) is -3.00. The summed E-state index contributed by atoms with van der Waals surface area (Å²) in [5.41, 5.74) is 3.41. The standard InChI is InChI=1S/C22H17F2N3O3/c1-29-19-11-8-15(12-20(19)30-22(23)24)26-21(28)14-6-9-16(10-7-14)27-13-25-17-4-2-3-5-18(17)27/h2-13,22H,1H3,(H,26,28). The minimum absolute atomic E-state index is 0.144. The van der Waals surface area contributed by atoms with E-state index in [2.05, 4.69) is 15.0 Å². The van der Waals surface area contributed by atoms with Gasteiger partial charge >= 0.3 is 6.61 Å². The number of aromatic nitrogens is 2. The topological polar surface area (TPSA) is 65.4 Å². The molecule has 0 bridgehead atoms. The largest absolute Gasteiger partial charge is 0.493 e. The normalized spacial score (nSPS) is 10.9. The number of benzene rings is 3. The van der Waals surface area contributed by atoms with E-state index in [1.165, 1.54) is 19.2 Å². The molecule has 1 amide bonds. The number of amides is 1. The van der Waals surface area contributed by atoms with Gasteiger partial charge in [-0.1, -0.05) is 12.1 Å². The van der Waals surface area contributed by atoms with Crippen LogP contribution in [0.4, 0.5) is 14.5 Å². The quantitative estimate of drug-likeness (QED) is 0.493. The van der Waals surface area contributed by atoms with Crippen molar-refractivity contribution in [2.75, 3.05) is 12.4 Å². The Bertz CT molecular complexity index is 1190. The predicted octanol–water partition coefficient (Wildman–Crippen LogP) is 4.89. The van der Waals surface area contributed by atoms with Crippen LogP contribution in [-0.4, -0.2) is 29.2 Å². The first-order valence-corrected chi connectivity index (χ1v) is 9.02. The average molecular weight is 409 g/mol. The van der Waals surface area contributed by atoms with Gasteiger partial charge < -0.3 is 14.8 Å². The van der Waals surface area contributed by atoms with E-state index in [0.717, 1.165) is 16.7 Å². The second-order valence-corrected chi connectivity index (χ2v) is 6.35. The maximum absolute atomic E-state index is 12.6. The maximum atomic E-state index is 12.6. The molecule has 1 heterocycles. The van der Waals surface area contributed by atoms with Crippen molar-refractivity contribution >= 4 is 22.6 Å². The lowest BCUT2D eigenvalue weighted by atomic mass is 10.1. The van der Waals surface area contributed by atoms with Gasteiger partial charge in [0.25, 0.3) is 5.91 Å². The molecule has 4 aromatic rings. The molecular formula is C22H17F2N3O3. The number of hydrogen-bond acceptors (Lipinski definition) is 4. The third kappa shape index (κ3) is 3.93. The van der Waals surface area contributed by atoms with Gasteiger partial charge in [0.2, 0.25) is 0 Å². The number of alkyl halides is 2. The number of anilines is 1. The van der Waals surface area contributed by atoms with Gasteiger partial charge in [-0.25, -0.2) is 4.98 Å². The van der Waals surface area contributed by atoms with E-state index in [1.54, 1.807) is 24.5 Å². The number of hydrogen-bond donors (Lipinski definition) is 1. The first-order valence-electron chi connectivity index (χ1n) is 9.02. The van der Waals surface area contributed by atoms with Crippen LogP contribution in [0.1, 0.15) is 10.4 Å². The van der Waals surface area contributed by atoms with Crippen LogP contribution in [0, 0.1) is 0 Å². The molecule has 0 saturated heterocycles. The van der Waals surface area contributed by atoms with Crippen molar-refractivity contribution in [3.8, 4) is 17.2 Å². The van der Waals surface area contributed by atoms with Crippen LogP contribution >= 0.6 is 0 Å². The van der Waals surface area contributed by atoms with E-state index >= 15 is 0 Å². The Morgan fingerprint density at radius 1 is 1.03 bits per heavy atom. The van der Waals surface area contributed by atoms with Crippen LogP contribution in [0.25, 0.3) is 16.7 Å². The molecule has 152 valence electrons. The zero-order valence-electron chi connectivity index (χ0n) is 15.9. The van der Waals surface area contributed by atoms with Crippen molar-refractivity contribution < 1.29 is 23.0 Å². The Kier molecular flexibility index (Phi) is 5.30. The smallest absolute Gasteiger partial charge is 0.387 e.